The van der Waals surface area contributed by atoms with Gasteiger partial charge in [-0.05, 0) is 43.7 Å². The second-order valence-electron chi connectivity index (χ2n) is 10.1. The van der Waals surface area contributed by atoms with Crippen molar-refractivity contribution in [1.29, 1.82) is 0 Å². The zero-order valence-corrected chi connectivity index (χ0v) is 24.9. The first-order valence-corrected chi connectivity index (χ1v) is 14.9. The van der Waals surface area contributed by atoms with Crippen molar-refractivity contribution in [3.05, 3.63) is 74.5 Å². The Labute approximate surface area is 251 Å². The van der Waals surface area contributed by atoms with Crippen LogP contribution >= 0.6 is 19.3 Å². The first kappa shape index (κ1) is 33.6. The standard InChI is InChI=1S/C26H27ClF4N3O9P/c1-13(2)41-22(37)14(3)33-44(39,43-17-9-8-15-6-4-5-7-16(15)10-17)40-12-25(23(28)29)26(30,31)19(35)21(42-25)34-11-18(27)20(36)32-24(34)38/h4-11,13-14,19,21,23,35H,12H2,1-3H3,(H,33,39)(H,32,36,38)/t14-,19-,21+,25-,44?/m0/s1. The molecule has 44 heavy (non-hydrogen) atoms. The number of aromatic amines is 1. The fraction of sp³-hybridized carbons (Fsp3) is 0.423. The molecule has 1 unspecified atom stereocenters. The predicted molar refractivity (Wildman–Crippen MR) is 148 cm³/mol. The molecule has 1 fully saturated rings. The van der Waals surface area contributed by atoms with Crippen molar-refractivity contribution in [2.45, 2.75) is 63.2 Å². The molecule has 0 aliphatic carbocycles. The molecule has 1 aliphatic heterocycles. The first-order valence-electron chi connectivity index (χ1n) is 12.9. The van der Waals surface area contributed by atoms with Gasteiger partial charge in [-0.2, -0.15) is 13.9 Å². The molecule has 3 N–H and O–H groups in total. The van der Waals surface area contributed by atoms with Gasteiger partial charge >= 0.3 is 25.3 Å². The quantitative estimate of drug-likeness (QED) is 0.155. The average Bonchev–Trinajstić information content (AvgIpc) is 3.14. The summed E-state index contributed by atoms with van der Waals surface area (Å²) >= 11 is 5.66. The zero-order valence-electron chi connectivity index (χ0n) is 23.2. The Hall–Kier alpha value is -3.27. The molecule has 12 nitrogen and oxygen atoms in total. The lowest BCUT2D eigenvalue weighted by Crippen LogP contribution is -2.57. The summed E-state index contributed by atoms with van der Waals surface area (Å²) in [5, 5.41) is 13.2. The molecular weight excluding hydrogens is 641 g/mol. The van der Waals surface area contributed by atoms with Crippen LogP contribution < -0.4 is 20.9 Å². The predicted octanol–water partition coefficient (Wildman–Crippen LogP) is 4.01. The van der Waals surface area contributed by atoms with Crippen LogP contribution in [0, 0.1) is 0 Å². The number of H-pyrrole nitrogens is 1. The van der Waals surface area contributed by atoms with E-state index in [0.29, 0.717) is 11.6 Å². The minimum absolute atomic E-state index is 0.151. The highest BCUT2D eigenvalue weighted by atomic mass is 35.5. The fourth-order valence-electron chi connectivity index (χ4n) is 4.29. The van der Waals surface area contributed by atoms with Gasteiger partial charge in [0.05, 0.1) is 12.7 Å². The fourth-order valence-corrected chi connectivity index (χ4v) is 5.96. The van der Waals surface area contributed by atoms with Gasteiger partial charge in [-0.15, -0.1) is 0 Å². The van der Waals surface area contributed by atoms with Gasteiger partial charge in [0.25, 0.3) is 12.0 Å². The molecule has 1 aromatic heterocycles. The van der Waals surface area contributed by atoms with Gasteiger partial charge in [0, 0.05) is 6.20 Å². The first-order chi connectivity index (χ1) is 20.5. The number of hydrogen-bond donors (Lipinski definition) is 3. The number of halogens is 5. The second-order valence-corrected chi connectivity index (χ2v) is 12.2. The molecule has 0 bridgehead atoms. The molecule has 0 amide bonds. The van der Waals surface area contributed by atoms with Crippen molar-refractivity contribution in [3.8, 4) is 5.75 Å². The summed E-state index contributed by atoms with van der Waals surface area (Å²) in [5.74, 6) is -5.97. The van der Waals surface area contributed by atoms with Crippen molar-refractivity contribution in [2.24, 2.45) is 0 Å². The lowest BCUT2D eigenvalue weighted by molar-refractivity contribution is -0.242. The monoisotopic (exact) mass is 667 g/mol. The van der Waals surface area contributed by atoms with Gasteiger partial charge in [-0.1, -0.05) is 41.9 Å². The van der Waals surface area contributed by atoms with Gasteiger partial charge < -0.3 is 19.1 Å². The number of carbonyl (C=O) groups excluding carboxylic acids is 1. The Kier molecular flexibility index (Phi) is 9.64. The molecule has 2 aromatic carbocycles. The van der Waals surface area contributed by atoms with Crippen LogP contribution in [0.3, 0.4) is 0 Å². The maximum absolute atomic E-state index is 15.5. The minimum Gasteiger partial charge on any atom is -0.462 e. The highest BCUT2D eigenvalue weighted by Gasteiger charge is 2.74. The summed E-state index contributed by atoms with van der Waals surface area (Å²) in [6.45, 7) is 2.35. The molecule has 18 heteroatoms. The number of benzene rings is 2. The number of alkyl halides is 4. The number of aromatic nitrogens is 2. The molecule has 0 radical (unpaired) electrons. The summed E-state index contributed by atoms with van der Waals surface area (Å²) in [4.78, 5) is 38.0. The highest BCUT2D eigenvalue weighted by Crippen LogP contribution is 2.54. The minimum atomic E-state index is -5.02. The Morgan fingerprint density at radius 3 is 2.48 bits per heavy atom. The number of ether oxygens (including phenoxy) is 2. The maximum Gasteiger partial charge on any atom is 0.459 e. The number of aliphatic hydroxyl groups excluding tert-OH is 1. The lowest BCUT2D eigenvalue weighted by atomic mass is 9.95. The van der Waals surface area contributed by atoms with Gasteiger partial charge in [-0.25, -0.2) is 18.1 Å². The van der Waals surface area contributed by atoms with Crippen LogP contribution in [0.1, 0.15) is 27.0 Å². The van der Waals surface area contributed by atoms with Crippen LogP contribution in [-0.2, 0) is 23.4 Å². The normalized spacial score (nSPS) is 23.5. The number of rotatable bonds is 11. The van der Waals surface area contributed by atoms with E-state index >= 15 is 8.78 Å². The van der Waals surface area contributed by atoms with E-state index in [2.05, 4.69) is 5.09 Å². The van der Waals surface area contributed by atoms with E-state index < -0.39 is 79.0 Å². The topological polar surface area (TPSA) is 158 Å². The van der Waals surface area contributed by atoms with Crippen molar-refractivity contribution >= 4 is 36.1 Å². The van der Waals surface area contributed by atoms with Crippen LogP contribution in [0.25, 0.3) is 10.8 Å². The number of hydrogen-bond acceptors (Lipinski definition) is 9. The van der Waals surface area contributed by atoms with Crippen molar-refractivity contribution in [3.63, 3.8) is 0 Å². The van der Waals surface area contributed by atoms with Crippen LogP contribution in [-0.4, -0.2) is 63.4 Å². The maximum atomic E-state index is 15.5. The van der Waals surface area contributed by atoms with E-state index in [1.165, 1.54) is 32.9 Å². The molecule has 1 saturated heterocycles. The summed E-state index contributed by atoms with van der Waals surface area (Å²) in [6.07, 6.45) is -9.81. The number of aliphatic hydroxyl groups is 1. The van der Waals surface area contributed by atoms with Gasteiger partial charge in [0.15, 0.2) is 12.3 Å². The second kappa shape index (κ2) is 12.6. The van der Waals surface area contributed by atoms with E-state index in [1.54, 1.807) is 35.3 Å². The Bertz CT molecular complexity index is 1700. The smallest absolute Gasteiger partial charge is 0.459 e. The number of fused-ring (bicyclic) bond motifs is 1. The third-order valence-corrected chi connectivity index (χ3v) is 8.43. The van der Waals surface area contributed by atoms with Crippen LogP contribution in [0.5, 0.6) is 5.75 Å². The largest absolute Gasteiger partial charge is 0.462 e. The summed E-state index contributed by atoms with van der Waals surface area (Å²) in [5.41, 5.74) is -6.54. The molecule has 3 aromatic rings. The molecular formula is C26H27ClF4N3O9P. The Morgan fingerprint density at radius 1 is 1.18 bits per heavy atom. The van der Waals surface area contributed by atoms with Crippen molar-refractivity contribution in [1.82, 2.24) is 14.6 Å². The van der Waals surface area contributed by atoms with E-state index in [9.17, 15) is 32.8 Å². The molecule has 4 rings (SSSR count). The van der Waals surface area contributed by atoms with Gasteiger partial charge in [0.1, 0.15) is 16.8 Å². The number of nitrogens with one attached hydrogen (secondary N) is 2. The van der Waals surface area contributed by atoms with Crippen molar-refractivity contribution < 1.29 is 50.5 Å². The molecule has 240 valence electrons. The van der Waals surface area contributed by atoms with Gasteiger partial charge in [0.2, 0.25) is 5.60 Å². The van der Waals surface area contributed by atoms with E-state index in [1.807, 2.05) is 0 Å². The van der Waals surface area contributed by atoms with E-state index in [-0.39, 0.29) is 10.3 Å². The summed E-state index contributed by atoms with van der Waals surface area (Å²) in [6, 6.07) is 9.72. The Balaban J connectivity index is 1.70. The SMILES string of the molecule is CC(C)OC(=O)[C@H](C)NP(=O)(OC[C@@]1(C(F)F)O[C@@H](n2cc(Cl)c(=O)[nH]c2=O)[C@H](O)C1(F)F)Oc1ccc2ccccc2c1. The molecule has 1 aliphatic rings. The zero-order chi connectivity index (χ0) is 32.6. The van der Waals surface area contributed by atoms with Gasteiger partial charge in [-0.3, -0.25) is 23.7 Å². The summed E-state index contributed by atoms with van der Waals surface area (Å²) < 4.78 is 94.7. The molecule has 0 saturated carbocycles. The number of esters is 1. The van der Waals surface area contributed by atoms with E-state index in [0.717, 1.165) is 5.39 Å². The lowest BCUT2D eigenvalue weighted by Gasteiger charge is -2.34. The number of carbonyl (C=O) groups is 1. The average molecular weight is 668 g/mol. The third-order valence-electron chi connectivity index (χ3n) is 6.54. The molecule has 0 spiro atoms. The van der Waals surface area contributed by atoms with Crippen LogP contribution in [0.15, 0.2) is 58.3 Å². The summed E-state index contributed by atoms with van der Waals surface area (Å²) in [7, 11) is -5.02. The number of nitrogens with zero attached hydrogens (tertiary/aromatic N) is 1. The highest BCUT2D eigenvalue weighted by molar-refractivity contribution is 7.52. The van der Waals surface area contributed by atoms with E-state index in [4.69, 9.17) is 30.1 Å². The van der Waals surface area contributed by atoms with Crippen molar-refractivity contribution in [2.75, 3.05) is 6.61 Å². The molecule has 2 heterocycles. The van der Waals surface area contributed by atoms with Crippen LogP contribution in [0.4, 0.5) is 17.6 Å². The molecule has 5 atom stereocenters. The van der Waals surface area contributed by atoms with Crippen LogP contribution in [0.2, 0.25) is 5.02 Å². The Morgan fingerprint density at radius 2 is 1.84 bits per heavy atom. The third kappa shape index (κ3) is 6.55.